The first kappa shape index (κ1) is 15.9. The molecule has 0 aliphatic carbocycles. The lowest BCUT2D eigenvalue weighted by atomic mass is 10.2. The summed E-state index contributed by atoms with van der Waals surface area (Å²) in [6.07, 6.45) is 1.90. The van der Waals surface area contributed by atoms with Gasteiger partial charge in [0.1, 0.15) is 0 Å². The van der Waals surface area contributed by atoms with E-state index in [9.17, 15) is 0 Å². The first-order chi connectivity index (χ1) is 9.09. The Bertz CT molecular complexity index is 354. The Morgan fingerprint density at radius 1 is 1.26 bits per heavy atom. The third-order valence-electron chi connectivity index (χ3n) is 2.39. The second-order valence-electron chi connectivity index (χ2n) is 5.28. The molecule has 19 heavy (non-hydrogen) atoms. The number of ether oxygens (including phenoxy) is 2. The molecule has 4 nitrogen and oxygen atoms in total. The average Bonchev–Trinajstić information content (AvgIpc) is 2.34. The molecule has 1 aromatic heterocycles. The van der Waals surface area contributed by atoms with Crippen LogP contribution in [-0.4, -0.2) is 30.8 Å². The summed E-state index contributed by atoms with van der Waals surface area (Å²) in [7, 11) is 0. The number of nitrogens with one attached hydrogen (secondary N) is 1. The molecular formula is C15H26N2O2. The highest BCUT2D eigenvalue weighted by molar-refractivity contribution is 5.25. The molecule has 0 amide bonds. The van der Waals surface area contributed by atoms with Crippen LogP contribution in [0, 0.1) is 5.92 Å². The number of hydrogen-bond acceptors (Lipinski definition) is 4. The van der Waals surface area contributed by atoms with Crippen molar-refractivity contribution in [1.29, 1.82) is 0 Å². The zero-order valence-corrected chi connectivity index (χ0v) is 12.5. The monoisotopic (exact) mass is 266 g/mol. The molecule has 1 rings (SSSR count). The molecule has 0 unspecified atom stereocenters. The van der Waals surface area contributed by atoms with Gasteiger partial charge < -0.3 is 14.8 Å². The summed E-state index contributed by atoms with van der Waals surface area (Å²) in [6, 6.07) is 3.96. The van der Waals surface area contributed by atoms with Gasteiger partial charge in [0.15, 0.2) is 0 Å². The van der Waals surface area contributed by atoms with Gasteiger partial charge in [-0.05, 0) is 25.8 Å². The van der Waals surface area contributed by atoms with Crippen LogP contribution in [0.5, 0.6) is 5.88 Å². The van der Waals surface area contributed by atoms with Crippen molar-refractivity contribution in [2.24, 2.45) is 5.92 Å². The summed E-state index contributed by atoms with van der Waals surface area (Å²) in [4.78, 5) is 4.26. The minimum Gasteiger partial charge on any atom is -0.475 e. The van der Waals surface area contributed by atoms with Crippen molar-refractivity contribution >= 4 is 0 Å². The van der Waals surface area contributed by atoms with Crippen LogP contribution in [-0.2, 0) is 11.3 Å². The van der Waals surface area contributed by atoms with E-state index in [0.29, 0.717) is 11.8 Å². The van der Waals surface area contributed by atoms with Crippen LogP contribution in [0.25, 0.3) is 0 Å². The first-order valence-corrected chi connectivity index (χ1v) is 6.98. The van der Waals surface area contributed by atoms with Gasteiger partial charge in [-0.1, -0.05) is 19.9 Å². The van der Waals surface area contributed by atoms with Crippen LogP contribution >= 0.6 is 0 Å². The lowest BCUT2D eigenvalue weighted by Crippen LogP contribution is -2.21. The zero-order valence-electron chi connectivity index (χ0n) is 12.5. The molecule has 1 aromatic rings. The van der Waals surface area contributed by atoms with E-state index in [-0.39, 0.29) is 6.10 Å². The molecule has 1 N–H and O–H groups in total. The SMILES string of the molecule is CC(C)COCCNCc1cccnc1OC(C)C. The van der Waals surface area contributed by atoms with Gasteiger partial charge in [-0.3, -0.25) is 0 Å². The molecule has 0 saturated carbocycles. The van der Waals surface area contributed by atoms with Crippen molar-refractivity contribution in [2.75, 3.05) is 19.8 Å². The van der Waals surface area contributed by atoms with E-state index < -0.39 is 0 Å². The number of rotatable bonds is 9. The molecule has 0 aliphatic heterocycles. The van der Waals surface area contributed by atoms with Gasteiger partial charge in [-0.15, -0.1) is 0 Å². The van der Waals surface area contributed by atoms with Crippen LogP contribution in [0.4, 0.5) is 0 Å². The highest BCUT2D eigenvalue weighted by Crippen LogP contribution is 2.15. The molecular weight excluding hydrogens is 240 g/mol. The number of nitrogens with zero attached hydrogens (tertiary/aromatic N) is 1. The van der Waals surface area contributed by atoms with E-state index in [1.807, 2.05) is 26.0 Å². The topological polar surface area (TPSA) is 43.4 Å². The maximum absolute atomic E-state index is 5.67. The van der Waals surface area contributed by atoms with Crippen LogP contribution in [0.3, 0.4) is 0 Å². The largest absolute Gasteiger partial charge is 0.475 e. The smallest absolute Gasteiger partial charge is 0.218 e. The van der Waals surface area contributed by atoms with Crippen LogP contribution in [0.1, 0.15) is 33.3 Å². The predicted octanol–water partition coefficient (Wildman–Crippen LogP) is 2.63. The highest BCUT2D eigenvalue weighted by Gasteiger charge is 2.05. The normalized spacial score (nSPS) is 11.3. The van der Waals surface area contributed by atoms with Gasteiger partial charge in [-0.25, -0.2) is 4.98 Å². The Balaban J connectivity index is 2.28. The van der Waals surface area contributed by atoms with Gasteiger partial charge in [0.25, 0.3) is 0 Å². The standard InChI is InChI=1S/C15H26N2O2/c1-12(2)11-18-9-8-16-10-14-6-5-7-17-15(14)19-13(3)4/h5-7,12-13,16H,8-11H2,1-4H3. The van der Waals surface area contributed by atoms with Crippen molar-refractivity contribution < 1.29 is 9.47 Å². The lowest BCUT2D eigenvalue weighted by molar-refractivity contribution is 0.111. The Kier molecular flexibility index (Phi) is 7.45. The van der Waals surface area contributed by atoms with E-state index in [1.165, 1.54) is 0 Å². The third kappa shape index (κ3) is 7.13. The molecule has 0 bridgehead atoms. The van der Waals surface area contributed by atoms with Gasteiger partial charge in [0.05, 0.1) is 12.7 Å². The van der Waals surface area contributed by atoms with Crippen molar-refractivity contribution in [3.63, 3.8) is 0 Å². The number of pyridine rings is 1. The lowest BCUT2D eigenvalue weighted by Gasteiger charge is -2.13. The van der Waals surface area contributed by atoms with E-state index >= 15 is 0 Å². The minimum atomic E-state index is 0.142. The highest BCUT2D eigenvalue weighted by atomic mass is 16.5. The molecule has 0 radical (unpaired) electrons. The fourth-order valence-corrected chi connectivity index (χ4v) is 1.57. The molecule has 0 aliphatic rings. The van der Waals surface area contributed by atoms with Gasteiger partial charge >= 0.3 is 0 Å². The first-order valence-electron chi connectivity index (χ1n) is 6.98. The summed E-state index contributed by atoms with van der Waals surface area (Å²) in [5.74, 6) is 1.30. The van der Waals surface area contributed by atoms with E-state index in [4.69, 9.17) is 9.47 Å². The molecule has 1 heterocycles. The summed E-state index contributed by atoms with van der Waals surface area (Å²) >= 11 is 0. The van der Waals surface area contributed by atoms with Crippen molar-refractivity contribution in [3.8, 4) is 5.88 Å². The Hall–Kier alpha value is -1.13. The molecule has 0 atom stereocenters. The van der Waals surface area contributed by atoms with Crippen molar-refractivity contribution in [1.82, 2.24) is 10.3 Å². The molecule has 0 fully saturated rings. The Morgan fingerprint density at radius 3 is 2.74 bits per heavy atom. The Morgan fingerprint density at radius 2 is 2.05 bits per heavy atom. The van der Waals surface area contributed by atoms with E-state index in [0.717, 1.165) is 31.9 Å². The minimum absolute atomic E-state index is 0.142. The zero-order chi connectivity index (χ0) is 14.1. The average molecular weight is 266 g/mol. The van der Waals surface area contributed by atoms with Crippen molar-refractivity contribution in [3.05, 3.63) is 23.9 Å². The van der Waals surface area contributed by atoms with Crippen LogP contribution < -0.4 is 10.1 Å². The van der Waals surface area contributed by atoms with Gasteiger partial charge in [0.2, 0.25) is 5.88 Å². The molecule has 4 heteroatoms. The van der Waals surface area contributed by atoms with Gasteiger partial charge in [-0.2, -0.15) is 0 Å². The van der Waals surface area contributed by atoms with Crippen molar-refractivity contribution in [2.45, 2.75) is 40.3 Å². The number of hydrogen-bond donors (Lipinski definition) is 1. The molecule has 0 spiro atoms. The van der Waals surface area contributed by atoms with Crippen LogP contribution in [0.2, 0.25) is 0 Å². The maximum atomic E-state index is 5.67. The second kappa shape index (κ2) is 8.88. The maximum Gasteiger partial charge on any atom is 0.218 e. The quantitative estimate of drug-likeness (QED) is 0.698. The predicted molar refractivity (Wildman–Crippen MR) is 77.4 cm³/mol. The molecule has 108 valence electrons. The summed E-state index contributed by atoms with van der Waals surface area (Å²) in [6.45, 7) is 11.5. The summed E-state index contributed by atoms with van der Waals surface area (Å²) in [5, 5.41) is 3.34. The van der Waals surface area contributed by atoms with Gasteiger partial charge in [0, 0.05) is 31.5 Å². The third-order valence-corrected chi connectivity index (χ3v) is 2.39. The summed E-state index contributed by atoms with van der Waals surface area (Å²) in [5.41, 5.74) is 1.08. The van der Waals surface area contributed by atoms with E-state index in [2.05, 4.69) is 24.1 Å². The fourth-order valence-electron chi connectivity index (χ4n) is 1.57. The van der Waals surface area contributed by atoms with Crippen LogP contribution in [0.15, 0.2) is 18.3 Å². The summed E-state index contributed by atoms with van der Waals surface area (Å²) < 4.78 is 11.2. The second-order valence-corrected chi connectivity index (χ2v) is 5.28. The molecule has 0 saturated heterocycles. The molecule has 0 aromatic carbocycles. The fraction of sp³-hybridized carbons (Fsp3) is 0.667. The number of aromatic nitrogens is 1. The Labute approximate surface area is 116 Å². The van der Waals surface area contributed by atoms with E-state index in [1.54, 1.807) is 6.20 Å².